The summed E-state index contributed by atoms with van der Waals surface area (Å²) in [5.74, 6) is -4.53. The predicted molar refractivity (Wildman–Crippen MR) is 190 cm³/mol. The zero-order chi connectivity index (χ0) is 37.5. The molecule has 50 heavy (non-hydrogen) atoms. The van der Waals surface area contributed by atoms with E-state index in [1.165, 1.54) is 23.6 Å². The highest BCUT2D eigenvalue weighted by atomic mass is 32.2. The van der Waals surface area contributed by atoms with Gasteiger partial charge in [0.1, 0.15) is 40.4 Å². The highest BCUT2D eigenvalue weighted by molar-refractivity contribution is 8.00. The lowest BCUT2D eigenvalue weighted by Gasteiger charge is -2.53. The number of thiocarbonyl (C=S) groups is 1. The van der Waals surface area contributed by atoms with E-state index in [9.17, 15) is 33.9 Å². The molecule has 5 N–H and O–H groups in total. The first kappa shape index (κ1) is 40.4. The summed E-state index contributed by atoms with van der Waals surface area (Å²) in [6.07, 6.45) is 0.462. The summed E-state index contributed by atoms with van der Waals surface area (Å²) in [4.78, 5) is 80.4. The van der Waals surface area contributed by atoms with E-state index in [2.05, 4.69) is 10.6 Å². The fourth-order valence-corrected chi connectivity index (χ4v) is 7.33. The number of carbonyl (C=O) groups excluding carboxylic acids is 5. The Balaban J connectivity index is 1.87. The van der Waals surface area contributed by atoms with E-state index in [0.717, 1.165) is 10.5 Å². The van der Waals surface area contributed by atoms with Crippen LogP contribution in [0.3, 0.4) is 0 Å². The number of amides is 3. The number of aliphatic carboxylic acids is 1. The first-order valence-electron chi connectivity index (χ1n) is 16.3. The van der Waals surface area contributed by atoms with Crippen LogP contribution in [-0.4, -0.2) is 110 Å². The molecule has 1 fully saturated rings. The van der Waals surface area contributed by atoms with Gasteiger partial charge in [0.05, 0.1) is 6.04 Å². The molecule has 274 valence electrons. The van der Waals surface area contributed by atoms with Gasteiger partial charge >= 0.3 is 17.9 Å². The zero-order valence-electron chi connectivity index (χ0n) is 29.4. The molecule has 0 saturated carbocycles. The summed E-state index contributed by atoms with van der Waals surface area (Å²) >= 11 is 7.05. The maximum atomic E-state index is 13.9. The second kappa shape index (κ2) is 17.3. The minimum Gasteiger partial charge on any atom is -0.477 e. The van der Waals surface area contributed by atoms with Gasteiger partial charge in [0.2, 0.25) is 11.8 Å². The Morgan fingerprint density at radius 3 is 2.30 bits per heavy atom. The van der Waals surface area contributed by atoms with E-state index in [0.29, 0.717) is 0 Å². The van der Waals surface area contributed by atoms with Crippen LogP contribution in [0.4, 0.5) is 0 Å². The van der Waals surface area contributed by atoms with E-state index < -0.39 is 70.8 Å². The largest absolute Gasteiger partial charge is 0.477 e. The number of carboxylic acids is 1. The third-order valence-corrected chi connectivity index (χ3v) is 9.58. The van der Waals surface area contributed by atoms with Crippen LogP contribution in [0.5, 0.6) is 0 Å². The third-order valence-electron chi connectivity index (χ3n) is 7.78. The Bertz CT molecular complexity index is 1510. The van der Waals surface area contributed by atoms with Crippen LogP contribution in [-0.2, 0) is 44.7 Å². The molecule has 2 aliphatic rings. The lowest BCUT2D eigenvalue weighted by Crippen LogP contribution is -2.73. The van der Waals surface area contributed by atoms with Crippen LogP contribution in [0.25, 0.3) is 0 Å². The number of nitrogens with one attached hydrogen (secondary N) is 2. The third kappa shape index (κ3) is 10.3. The molecule has 0 bridgehead atoms. The number of nitrogens with two attached hydrogens (primary N) is 1. The monoisotopic (exact) mass is 733 g/mol. The van der Waals surface area contributed by atoms with Crippen LogP contribution in [0.15, 0.2) is 41.6 Å². The van der Waals surface area contributed by atoms with E-state index in [4.69, 9.17) is 27.4 Å². The van der Waals surface area contributed by atoms with Gasteiger partial charge in [-0.1, -0.05) is 56.4 Å². The number of β-lactam (4-membered cyclic amide) rings is 1. The maximum absolute atomic E-state index is 13.9. The normalized spacial score (nSPS) is 19.0. The molecule has 3 rings (SSSR count). The number of carbonyl (C=O) groups is 6. The Morgan fingerprint density at radius 2 is 1.76 bits per heavy atom. The molecular formula is C34H47N5O9S2. The van der Waals surface area contributed by atoms with Crippen LogP contribution < -0.4 is 16.4 Å². The smallest absolute Gasteiger partial charge is 0.352 e. The number of nitrogens with zero attached hydrogens (tertiary/aromatic N) is 2. The number of thioether (sulfide) groups is 1. The number of rotatable bonds is 15. The Kier molecular flexibility index (Phi) is 14.0. The Morgan fingerprint density at radius 1 is 1.12 bits per heavy atom. The van der Waals surface area contributed by atoms with Crippen molar-refractivity contribution >= 4 is 64.6 Å². The van der Waals surface area contributed by atoms with Crippen molar-refractivity contribution in [3.63, 3.8) is 0 Å². The van der Waals surface area contributed by atoms with E-state index in [1.807, 2.05) is 44.2 Å². The van der Waals surface area contributed by atoms with Crippen molar-refractivity contribution in [3.05, 3.63) is 47.2 Å². The van der Waals surface area contributed by atoms with Crippen molar-refractivity contribution in [3.8, 4) is 0 Å². The Labute approximate surface area is 301 Å². The molecular weight excluding hydrogens is 687 g/mol. The summed E-state index contributed by atoms with van der Waals surface area (Å²) in [7, 11) is 0. The van der Waals surface area contributed by atoms with Gasteiger partial charge in [-0.05, 0) is 52.0 Å². The van der Waals surface area contributed by atoms with Crippen molar-refractivity contribution in [2.75, 3.05) is 18.9 Å². The highest BCUT2D eigenvalue weighted by Crippen LogP contribution is 2.42. The van der Waals surface area contributed by atoms with Crippen molar-refractivity contribution in [2.24, 2.45) is 11.7 Å². The second-order valence-electron chi connectivity index (χ2n) is 13.5. The quantitative estimate of drug-likeness (QED) is 0.116. The van der Waals surface area contributed by atoms with Crippen molar-refractivity contribution in [2.45, 2.75) is 96.5 Å². The van der Waals surface area contributed by atoms with Gasteiger partial charge in [0, 0.05) is 24.8 Å². The molecule has 1 saturated heterocycles. The first-order chi connectivity index (χ1) is 23.4. The summed E-state index contributed by atoms with van der Waals surface area (Å²) in [5, 5.41) is 14.7. The van der Waals surface area contributed by atoms with E-state index in [1.54, 1.807) is 27.7 Å². The van der Waals surface area contributed by atoms with Gasteiger partial charge in [0.15, 0.2) is 6.04 Å². The molecule has 1 aromatic carbocycles. The van der Waals surface area contributed by atoms with Crippen LogP contribution >= 0.6 is 24.0 Å². The summed E-state index contributed by atoms with van der Waals surface area (Å²) in [6.45, 7) is 11.5. The standard InChI is InChI=1S/C34H47N5O9S2/c1-8-38(26-29(43)39-25(32(44)45)21(16-47-19(4)40)17-50-31(26)39)30(49)24(33(46)48-34(5,6)7)37-28(42)23(14-18(2)3)36-27(41)22(35)15-20-12-10-9-11-13-20/h9-13,18,22-24,26,31H,8,14-17,35H2,1-7H3,(H,36,41)(H,37,42)(H,44,45)/t22-,23-,24?,26+,31-/m0/s1. The van der Waals surface area contributed by atoms with E-state index >= 15 is 0 Å². The molecule has 1 unspecified atom stereocenters. The van der Waals surface area contributed by atoms with Gasteiger partial charge in [-0.25, -0.2) is 9.59 Å². The number of hydrogen-bond donors (Lipinski definition) is 4. The summed E-state index contributed by atoms with van der Waals surface area (Å²) < 4.78 is 10.6. The zero-order valence-corrected chi connectivity index (χ0v) is 31.0. The van der Waals surface area contributed by atoms with E-state index in [-0.39, 0.29) is 53.9 Å². The number of carboxylic acid groups (broad SMARTS) is 1. The molecule has 0 spiro atoms. The molecule has 0 aliphatic carbocycles. The Hall–Kier alpha value is -4.02. The van der Waals surface area contributed by atoms with Gasteiger partial charge in [-0.3, -0.25) is 24.1 Å². The van der Waals surface area contributed by atoms with Crippen molar-refractivity contribution < 1.29 is 43.3 Å². The van der Waals surface area contributed by atoms with Crippen molar-refractivity contribution in [1.82, 2.24) is 20.4 Å². The molecule has 2 aliphatic heterocycles. The molecule has 14 nitrogen and oxygen atoms in total. The minimum absolute atomic E-state index is 0.0420. The molecule has 16 heteroatoms. The van der Waals surface area contributed by atoms with Gasteiger partial charge in [-0.15, -0.1) is 11.8 Å². The average Bonchev–Trinajstić information content (AvgIpc) is 3.02. The highest BCUT2D eigenvalue weighted by Gasteiger charge is 2.57. The number of ether oxygens (including phenoxy) is 2. The first-order valence-corrected chi connectivity index (χ1v) is 17.8. The van der Waals surface area contributed by atoms with Gasteiger partial charge in [-0.2, -0.15) is 0 Å². The fourth-order valence-electron chi connectivity index (χ4n) is 5.54. The molecule has 2 heterocycles. The molecule has 3 amide bonds. The lowest BCUT2D eigenvalue weighted by molar-refractivity contribution is -0.157. The second-order valence-corrected chi connectivity index (χ2v) is 15.0. The topological polar surface area (TPSA) is 198 Å². The number of hydrogen-bond acceptors (Lipinski definition) is 11. The number of fused-ring (bicyclic) bond motifs is 1. The molecule has 1 aromatic rings. The molecule has 5 atom stereocenters. The van der Waals surface area contributed by atoms with Crippen LogP contribution in [0.2, 0.25) is 0 Å². The summed E-state index contributed by atoms with van der Waals surface area (Å²) in [6, 6.07) is 4.67. The number of esters is 2. The van der Waals surface area contributed by atoms with Crippen LogP contribution in [0.1, 0.15) is 60.5 Å². The van der Waals surface area contributed by atoms with Crippen LogP contribution in [0, 0.1) is 5.92 Å². The fraction of sp³-hybridized carbons (Fsp3) is 0.559. The van der Waals surface area contributed by atoms with Crippen molar-refractivity contribution in [1.29, 1.82) is 0 Å². The molecule has 0 radical (unpaired) electrons. The lowest BCUT2D eigenvalue weighted by atomic mass is 9.99. The van der Waals surface area contributed by atoms with Gasteiger partial charge < -0.3 is 35.8 Å². The van der Waals surface area contributed by atoms with Gasteiger partial charge in [0.25, 0.3) is 5.91 Å². The predicted octanol–water partition coefficient (Wildman–Crippen LogP) is 1.75. The SMILES string of the molecule is CCN(C(=S)C(NC(=O)[C@H](CC(C)C)NC(=O)[C@@H](N)Cc1ccccc1)C(=O)OC(C)(C)C)[C@@H]1C(=O)N2C(C(=O)O)=C(COC(C)=O)CS[C@@H]12. The maximum Gasteiger partial charge on any atom is 0.352 e. The minimum atomic E-state index is -1.54. The number of benzene rings is 1. The summed E-state index contributed by atoms with van der Waals surface area (Å²) in [5.41, 5.74) is 6.08. The average molecular weight is 734 g/mol. The number of likely N-dealkylation sites (N-methyl/N-ethyl adjacent to an activating group) is 1. The molecule has 0 aromatic heterocycles.